The molecule has 1 aromatic rings. The minimum absolute atomic E-state index is 0.204. The molecule has 1 N–H and O–H groups in total. The number of fused-ring (bicyclic) bond motifs is 2. The molecule has 1 aromatic heterocycles. The summed E-state index contributed by atoms with van der Waals surface area (Å²) in [6, 6.07) is 1.00. The molecule has 2 aliphatic rings. The number of ketones is 1. The maximum Gasteiger partial charge on any atom is 0.145 e. The molecule has 0 saturated carbocycles. The van der Waals surface area contributed by atoms with Gasteiger partial charge in [0.1, 0.15) is 17.9 Å². The fraction of sp³-hybridized carbons (Fsp3) is 0.750. The lowest BCUT2D eigenvalue weighted by atomic mass is 9.85. The van der Waals surface area contributed by atoms with Crippen molar-refractivity contribution < 1.29 is 4.79 Å². The minimum atomic E-state index is 0.204. The van der Waals surface area contributed by atoms with E-state index in [0.29, 0.717) is 24.3 Å². The van der Waals surface area contributed by atoms with E-state index in [4.69, 9.17) is 0 Å². The molecule has 3 unspecified atom stereocenters. The van der Waals surface area contributed by atoms with Crippen LogP contribution in [0.2, 0.25) is 0 Å². The average Bonchev–Trinajstić information content (AvgIpc) is 3.03. The first-order valence-corrected chi connectivity index (χ1v) is 6.43. The smallest absolute Gasteiger partial charge is 0.145 e. The van der Waals surface area contributed by atoms with Gasteiger partial charge in [0.25, 0.3) is 0 Å². The fourth-order valence-corrected chi connectivity index (χ4v) is 3.16. The van der Waals surface area contributed by atoms with Crippen molar-refractivity contribution in [1.29, 1.82) is 0 Å². The molecule has 3 heterocycles. The molecule has 0 amide bonds. The molecule has 5 heteroatoms. The van der Waals surface area contributed by atoms with Crippen LogP contribution in [0.25, 0.3) is 0 Å². The molecule has 5 nitrogen and oxygen atoms in total. The lowest BCUT2D eigenvalue weighted by Gasteiger charge is -2.18. The third-order valence-electron chi connectivity index (χ3n) is 4.04. The largest absolute Gasteiger partial charge is 0.310 e. The molecule has 0 radical (unpaired) electrons. The number of rotatable bonds is 4. The number of carbonyl (C=O) groups is 1. The summed E-state index contributed by atoms with van der Waals surface area (Å²) in [4.78, 5) is 16.4. The van der Waals surface area contributed by atoms with Gasteiger partial charge in [0.15, 0.2) is 0 Å². The molecular weight excluding hydrogens is 216 g/mol. The van der Waals surface area contributed by atoms with Gasteiger partial charge in [-0.15, -0.1) is 0 Å². The third-order valence-corrected chi connectivity index (χ3v) is 4.04. The van der Waals surface area contributed by atoms with E-state index in [0.717, 1.165) is 25.2 Å². The van der Waals surface area contributed by atoms with E-state index in [2.05, 4.69) is 15.4 Å². The summed E-state index contributed by atoms with van der Waals surface area (Å²) in [7, 11) is 0. The van der Waals surface area contributed by atoms with Crippen LogP contribution in [-0.4, -0.2) is 32.6 Å². The maximum atomic E-state index is 12.2. The molecule has 17 heavy (non-hydrogen) atoms. The highest BCUT2D eigenvalue weighted by molar-refractivity contribution is 5.83. The van der Waals surface area contributed by atoms with E-state index in [-0.39, 0.29) is 5.92 Å². The number of Topliss-reactive ketones (excluding diaryl/α,β-unsaturated/α-hetero) is 1. The van der Waals surface area contributed by atoms with Gasteiger partial charge in [0.05, 0.1) is 6.42 Å². The van der Waals surface area contributed by atoms with Crippen molar-refractivity contribution in [3.63, 3.8) is 0 Å². The summed E-state index contributed by atoms with van der Waals surface area (Å²) in [5, 5.41) is 7.60. The zero-order valence-corrected chi connectivity index (χ0v) is 10.1. The van der Waals surface area contributed by atoms with Crippen molar-refractivity contribution in [1.82, 2.24) is 20.1 Å². The predicted octanol–water partition coefficient (Wildman–Crippen LogP) is 0.550. The molecule has 0 spiro atoms. The van der Waals surface area contributed by atoms with Crippen LogP contribution in [0.4, 0.5) is 0 Å². The monoisotopic (exact) mass is 234 g/mol. The number of hydrogen-bond acceptors (Lipinski definition) is 4. The van der Waals surface area contributed by atoms with Gasteiger partial charge in [-0.3, -0.25) is 4.79 Å². The summed E-state index contributed by atoms with van der Waals surface area (Å²) in [5.74, 6) is 1.34. The second-order valence-electron chi connectivity index (χ2n) is 5.02. The number of aryl methyl sites for hydroxylation is 1. The first-order valence-electron chi connectivity index (χ1n) is 6.43. The first-order chi connectivity index (χ1) is 8.28. The summed E-state index contributed by atoms with van der Waals surface area (Å²) < 4.78 is 1.80. The Morgan fingerprint density at radius 2 is 2.47 bits per heavy atom. The van der Waals surface area contributed by atoms with Crippen LogP contribution in [0.1, 0.15) is 32.0 Å². The summed E-state index contributed by atoms with van der Waals surface area (Å²) in [5.41, 5.74) is 0. The predicted molar refractivity (Wildman–Crippen MR) is 62.5 cm³/mol. The van der Waals surface area contributed by atoms with Gasteiger partial charge >= 0.3 is 0 Å². The Hall–Kier alpha value is -1.23. The van der Waals surface area contributed by atoms with Crippen LogP contribution in [0, 0.1) is 5.92 Å². The normalized spacial score (nSPS) is 31.0. The van der Waals surface area contributed by atoms with E-state index in [9.17, 15) is 4.79 Å². The van der Waals surface area contributed by atoms with Gasteiger partial charge in [0, 0.05) is 24.5 Å². The number of aromatic nitrogens is 3. The van der Waals surface area contributed by atoms with Crippen molar-refractivity contribution in [2.75, 3.05) is 0 Å². The first kappa shape index (κ1) is 10.9. The number of carbonyl (C=O) groups excluding carboxylic acids is 1. The van der Waals surface area contributed by atoms with E-state index < -0.39 is 0 Å². The van der Waals surface area contributed by atoms with Crippen molar-refractivity contribution in [3.8, 4) is 0 Å². The highest BCUT2D eigenvalue weighted by atomic mass is 16.1. The molecule has 92 valence electrons. The lowest BCUT2D eigenvalue weighted by Crippen LogP contribution is -2.30. The Morgan fingerprint density at radius 1 is 1.59 bits per heavy atom. The molecular formula is C12H18N4O. The average molecular weight is 234 g/mol. The Bertz CT molecular complexity index is 428. The summed E-state index contributed by atoms with van der Waals surface area (Å²) in [6.07, 6.45) is 5.37. The van der Waals surface area contributed by atoms with Gasteiger partial charge in [-0.25, -0.2) is 9.67 Å². The van der Waals surface area contributed by atoms with Gasteiger partial charge in [-0.1, -0.05) is 0 Å². The number of hydrogen-bond donors (Lipinski definition) is 1. The number of nitrogens with zero attached hydrogens (tertiary/aromatic N) is 3. The molecule has 3 rings (SSSR count). The van der Waals surface area contributed by atoms with Gasteiger partial charge < -0.3 is 5.32 Å². The van der Waals surface area contributed by atoms with Crippen LogP contribution >= 0.6 is 0 Å². The Labute approximate surface area is 101 Å². The Morgan fingerprint density at radius 3 is 3.12 bits per heavy atom. The summed E-state index contributed by atoms with van der Waals surface area (Å²) >= 11 is 0. The second kappa shape index (κ2) is 4.22. The van der Waals surface area contributed by atoms with E-state index in [1.54, 1.807) is 4.68 Å². The second-order valence-corrected chi connectivity index (χ2v) is 5.02. The highest BCUT2D eigenvalue weighted by Crippen LogP contribution is 2.34. The lowest BCUT2D eigenvalue weighted by molar-refractivity contribution is -0.122. The molecule has 2 bridgehead atoms. The van der Waals surface area contributed by atoms with Crippen molar-refractivity contribution in [2.45, 2.75) is 51.2 Å². The van der Waals surface area contributed by atoms with Crippen LogP contribution in [-0.2, 0) is 17.8 Å². The molecule has 2 fully saturated rings. The Balaban J connectivity index is 1.68. The maximum absolute atomic E-state index is 12.2. The molecule has 0 aromatic carbocycles. The highest BCUT2D eigenvalue weighted by Gasteiger charge is 2.42. The van der Waals surface area contributed by atoms with E-state index in [1.807, 2.05) is 6.92 Å². The van der Waals surface area contributed by atoms with E-state index in [1.165, 1.54) is 12.7 Å². The van der Waals surface area contributed by atoms with Crippen molar-refractivity contribution in [2.24, 2.45) is 5.92 Å². The van der Waals surface area contributed by atoms with Crippen LogP contribution in [0.15, 0.2) is 6.33 Å². The minimum Gasteiger partial charge on any atom is -0.310 e. The van der Waals surface area contributed by atoms with Crippen LogP contribution < -0.4 is 5.32 Å². The van der Waals surface area contributed by atoms with E-state index >= 15 is 0 Å². The quantitative estimate of drug-likeness (QED) is 0.826. The van der Waals surface area contributed by atoms with Gasteiger partial charge in [-0.2, -0.15) is 5.10 Å². The summed E-state index contributed by atoms with van der Waals surface area (Å²) in [6.45, 7) is 2.79. The molecule has 2 saturated heterocycles. The topological polar surface area (TPSA) is 59.8 Å². The molecule has 2 aliphatic heterocycles. The Kier molecular flexibility index (Phi) is 2.70. The molecule has 0 aliphatic carbocycles. The van der Waals surface area contributed by atoms with Crippen LogP contribution in [0.5, 0.6) is 0 Å². The SMILES string of the molecule is CCn1ncnc1CC(=O)C1CC2CCC1N2. The molecule has 3 atom stereocenters. The zero-order valence-electron chi connectivity index (χ0n) is 10.1. The zero-order chi connectivity index (χ0) is 11.8. The van der Waals surface area contributed by atoms with Crippen molar-refractivity contribution >= 4 is 5.78 Å². The number of nitrogens with one attached hydrogen (secondary N) is 1. The van der Waals surface area contributed by atoms with Crippen molar-refractivity contribution in [3.05, 3.63) is 12.2 Å². The standard InChI is InChI=1S/C12H18N4O/c1-2-16-12(13-7-14-16)6-11(17)9-5-8-3-4-10(9)15-8/h7-10,15H,2-6H2,1H3. The fourth-order valence-electron chi connectivity index (χ4n) is 3.16. The third kappa shape index (κ3) is 1.88. The van der Waals surface area contributed by atoms with Gasteiger partial charge in [-0.05, 0) is 26.2 Å². The van der Waals surface area contributed by atoms with Crippen LogP contribution in [0.3, 0.4) is 0 Å². The van der Waals surface area contributed by atoms with Gasteiger partial charge in [0.2, 0.25) is 0 Å².